The van der Waals surface area contributed by atoms with Crippen molar-refractivity contribution in [2.75, 3.05) is 31.6 Å². The van der Waals surface area contributed by atoms with Gasteiger partial charge in [0.25, 0.3) is 0 Å². The molecule has 0 aromatic heterocycles. The number of methoxy groups -OCH3 is 1. The van der Waals surface area contributed by atoms with Crippen LogP contribution >= 0.6 is 11.9 Å². The molecule has 0 saturated heterocycles. The van der Waals surface area contributed by atoms with Gasteiger partial charge in [-0.1, -0.05) is 35.9 Å². The third-order valence-corrected chi connectivity index (χ3v) is 5.49. The Bertz CT molecular complexity index is 678. The molecule has 0 radical (unpaired) electrons. The highest BCUT2D eigenvalue weighted by atomic mass is 32.2. The molecule has 1 aliphatic carbocycles. The lowest BCUT2D eigenvalue weighted by Crippen LogP contribution is -2.25. The van der Waals surface area contributed by atoms with Crippen LogP contribution in [0.1, 0.15) is 31.4 Å². The number of hydrogen-bond donors (Lipinski definition) is 1. The average molecular weight is 343 g/mol. The van der Waals surface area contributed by atoms with Crippen molar-refractivity contribution >= 4 is 17.6 Å². The van der Waals surface area contributed by atoms with Crippen molar-refractivity contribution in [3.63, 3.8) is 0 Å². The molecule has 128 valence electrons. The van der Waals surface area contributed by atoms with Crippen LogP contribution in [-0.4, -0.2) is 27.3 Å². The van der Waals surface area contributed by atoms with Gasteiger partial charge < -0.3 is 14.4 Å². The quantitative estimate of drug-likeness (QED) is 0.624. The van der Waals surface area contributed by atoms with E-state index < -0.39 is 0 Å². The summed E-state index contributed by atoms with van der Waals surface area (Å²) in [5.41, 5.74) is 5.42. The molecule has 0 bridgehead atoms. The van der Waals surface area contributed by atoms with E-state index in [1.54, 1.807) is 7.11 Å². The Morgan fingerprint density at radius 2 is 2.17 bits per heavy atom. The molecule has 24 heavy (non-hydrogen) atoms. The Morgan fingerprint density at radius 3 is 3.00 bits per heavy atom. The molecule has 1 atom stereocenters. The second-order valence-corrected chi connectivity index (χ2v) is 7.44. The highest BCUT2D eigenvalue weighted by Crippen LogP contribution is 2.44. The fraction of sp³-hybridized carbons (Fsp3) is 0.400. The van der Waals surface area contributed by atoms with Crippen LogP contribution in [0, 0.1) is 0 Å². The van der Waals surface area contributed by atoms with Crippen LogP contribution in [0.15, 0.2) is 58.5 Å². The van der Waals surface area contributed by atoms with Gasteiger partial charge in [-0.15, -0.1) is 0 Å². The number of nitrogens with one attached hydrogen (secondary N) is 1. The van der Waals surface area contributed by atoms with E-state index >= 15 is 0 Å². The maximum Gasteiger partial charge on any atom is 0.0574 e. The molecule has 0 saturated carbocycles. The molecule has 1 heterocycles. The van der Waals surface area contributed by atoms with Gasteiger partial charge in [-0.2, -0.15) is 0 Å². The van der Waals surface area contributed by atoms with Crippen molar-refractivity contribution in [2.45, 2.75) is 25.8 Å². The summed E-state index contributed by atoms with van der Waals surface area (Å²) in [7, 11) is 3.92. The highest BCUT2D eigenvalue weighted by molar-refractivity contribution is 8.04. The molecule has 1 aromatic carbocycles. The molecule has 1 aliphatic heterocycles. The van der Waals surface area contributed by atoms with Gasteiger partial charge >= 0.3 is 0 Å². The zero-order valence-corrected chi connectivity index (χ0v) is 15.5. The van der Waals surface area contributed by atoms with Gasteiger partial charge in [-0.05, 0) is 61.5 Å². The van der Waals surface area contributed by atoms with Crippen molar-refractivity contribution in [2.24, 2.45) is 0 Å². The maximum absolute atomic E-state index is 5.20. The van der Waals surface area contributed by atoms with Crippen LogP contribution < -0.4 is 9.62 Å². The first-order valence-electron chi connectivity index (χ1n) is 8.51. The summed E-state index contributed by atoms with van der Waals surface area (Å²) >= 11 is 1.83. The SMILES string of the molecule is COCCCNC1C2=C(C=C(C)C=CC2)SN(C)c2ccccc21. The molecule has 0 fully saturated rings. The third kappa shape index (κ3) is 3.77. The summed E-state index contributed by atoms with van der Waals surface area (Å²) in [5, 5.41) is 3.77. The lowest BCUT2D eigenvalue weighted by molar-refractivity contribution is 0.193. The number of para-hydroxylation sites is 1. The van der Waals surface area contributed by atoms with Crippen molar-refractivity contribution in [1.29, 1.82) is 0 Å². The van der Waals surface area contributed by atoms with E-state index in [1.165, 1.54) is 27.3 Å². The number of ether oxygens (including phenoxy) is 1. The molecular formula is C20H26N2OS. The van der Waals surface area contributed by atoms with Gasteiger partial charge in [0.1, 0.15) is 0 Å². The number of hydrogen-bond acceptors (Lipinski definition) is 4. The molecule has 3 nitrogen and oxygen atoms in total. The predicted molar refractivity (Wildman–Crippen MR) is 104 cm³/mol. The van der Waals surface area contributed by atoms with Crippen LogP contribution in [-0.2, 0) is 4.74 Å². The number of anilines is 1. The standard InChI is InChI=1S/C20H26N2OS/c1-15-8-6-10-17-19(14-15)24-22(2)18-11-5-4-9-16(18)20(17)21-12-7-13-23-3/h4-6,8-9,11,14,20-21H,7,10,12-13H2,1-3H3. The van der Waals surface area contributed by atoms with E-state index in [4.69, 9.17) is 4.74 Å². The van der Waals surface area contributed by atoms with E-state index in [2.05, 4.69) is 66.1 Å². The summed E-state index contributed by atoms with van der Waals surface area (Å²) in [4.78, 5) is 1.36. The number of nitrogens with zero attached hydrogens (tertiary/aromatic N) is 1. The van der Waals surface area contributed by atoms with Gasteiger partial charge in [0.05, 0.1) is 11.7 Å². The number of benzene rings is 1. The van der Waals surface area contributed by atoms with Crippen molar-refractivity contribution < 1.29 is 4.74 Å². The number of fused-ring (bicyclic) bond motifs is 1. The largest absolute Gasteiger partial charge is 0.385 e. The topological polar surface area (TPSA) is 24.5 Å². The molecule has 0 amide bonds. The Labute approximate surface area is 149 Å². The first kappa shape index (κ1) is 17.3. The fourth-order valence-corrected chi connectivity index (χ4v) is 4.38. The summed E-state index contributed by atoms with van der Waals surface area (Å²) in [6.45, 7) is 3.91. The maximum atomic E-state index is 5.20. The Hall–Kier alpha value is -1.49. The lowest BCUT2D eigenvalue weighted by Gasteiger charge is -2.23. The van der Waals surface area contributed by atoms with Crippen LogP contribution in [0.4, 0.5) is 5.69 Å². The van der Waals surface area contributed by atoms with Crippen molar-refractivity contribution in [1.82, 2.24) is 5.32 Å². The highest BCUT2D eigenvalue weighted by Gasteiger charge is 2.27. The van der Waals surface area contributed by atoms with E-state index in [0.717, 1.165) is 26.0 Å². The summed E-state index contributed by atoms with van der Waals surface area (Å²) in [6.07, 6.45) is 8.83. The van der Waals surface area contributed by atoms with Crippen LogP contribution in [0.5, 0.6) is 0 Å². The van der Waals surface area contributed by atoms with Crippen molar-refractivity contribution in [3.8, 4) is 0 Å². The monoisotopic (exact) mass is 342 g/mol. The normalized spacial score (nSPS) is 20.2. The molecule has 1 aromatic rings. The molecule has 3 rings (SSSR count). The smallest absolute Gasteiger partial charge is 0.0574 e. The average Bonchev–Trinajstić information content (AvgIpc) is 2.81. The molecular weight excluding hydrogens is 316 g/mol. The molecule has 1 N–H and O–H groups in total. The second kappa shape index (κ2) is 8.06. The van der Waals surface area contributed by atoms with Crippen molar-refractivity contribution in [3.05, 3.63) is 64.1 Å². The minimum Gasteiger partial charge on any atom is -0.385 e. The number of rotatable bonds is 5. The van der Waals surface area contributed by atoms with E-state index in [-0.39, 0.29) is 6.04 Å². The third-order valence-electron chi connectivity index (χ3n) is 4.44. The van der Waals surface area contributed by atoms with E-state index in [0.29, 0.717) is 0 Å². The first-order chi connectivity index (χ1) is 11.7. The minimum absolute atomic E-state index is 0.248. The minimum atomic E-state index is 0.248. The fourth-order valence-electron chi connectivity index (χ4n) is 3.26. The van der Waals surface area contributed by atoms with Gasteiger partial charge in [-0.3, -0.25) is 0 Å². The Kier molecular flexibility index (Phi) is 5.82. The zero-order chi connectivity index (χ0) is 16.9. The lowest BCUT2D eigenvalue weighted by atomic mass is 9.94. The van der Waals surface area contributed by atoms with Crippen LogP contribution in [0.3, 0.4) is 0 Å². The molecule has 1 unspecified atom stereocenters. The summed E-state index contributed by atoms with van der Waals surface area (Å²) in [5.74, 6) is 0. The second-order valence-electron chi connectivity index (χ2n) is 6.27. The zero-order valence-electron chi connectivity index (χ0n) is 14.7. The van der Waals surface area contributed by atoms with Gasteiger partial charge in [-0.25, -0.2) is 0 Å². The molecule has 0 spiro atoms. The molecule has 4 heteroatoms. The van der Waals surface area contributed by atoms with E-state index in [9.17, 15) is 0 Å². The van der Waals surface area contributed by atoms with Gasteiger partial charge in [0.2, 0.25) is 0 Å². The molecule has 2 aliphatic rings. The Morgan fingerprint density at radius 1 is 1.33 bits per heavy atom. The Balaban J connectivity index is 1.99. The number of allylic oxidation sites excluding steroid dienone is 4. The van der Waals surface area contributed by atoms with E-state index in [1.807, 2.05) is 11.9 Å². The first-order valence-corrected chi connectivity index (χ1v) is 9.29. The van der Waals surface area contributed by atoms with Gasteiger partial charge in [0, 0.05) is 25.7 Å². The van der Waals surface area contributed by atoms with Gasteiger partial charge in [0.15, 0.2) is 0 Å². The predicted octanol–water partition coefficient (Wildman–Crippen LogP) is 4.61. The summed E-state index contributed by atoms with van der Waals surface area (Å²) in [6, 6.07) is 8.97. The van der Waals surface area contributed by atoms with Crippen LogP contribution in [0.25, 0.3) is 0 Å². The van der Waals surface area contributed by atoms with Crippen LogP contribution in [0.2, 0.25) is 0 Å². The summed E-state index contributed by atoms with van der Waals surface area (Å²) < 4.78 is 7.49.